The van der Waals surface area contributed by atoms with Gasteiger partial charge >= 0.3 is 5.97 Å². The molecule has 0 atom stereocenters. The van der Waals surface area contributed by atoms with Crippen molar-refractivity contribution in [3.63, 3.8) is 0 Å². The van der Waals surface area contributed by atoms with Gasteiger partial charge in [0, 0.05) is 34.3 Å². The highest BCUT2D eigenvalue weighted by atomic mass is 79.9. The highest BCUT2D eigenvalue weighted by Gasteiger charge is 2.12. The number of ether oxygens (including phenoxy) is 1. The predicted molar refractivity (Wildman–Crippen MR) is 122 cm³/mol. The van der Waals surface area contributed by atoms with Crippen molar-refractivity contribution in [3.8, 4) is 0 Å². The number of nitrogens with one attached hydrogen (secondary N) is 2. The Morgan fingerprint density at radius 1 is 0.935 bits per heavy atom. The van der Waals surface area contributed by atoms with E-state index in [1.165, 1.54) is 6.92 Å². The van der Waals surface area contributed by atoms with E-state index in [0.29, 0.717) is 16.9 Å². The van der Waals surface area contributed by atoms with Gasteiger partial charge in [-0.3, -0.25) is 19.2 Å². The molecule has 0 aliphatic heterocycles. The Labute approximate surface area is 189 Å². The van der Waals surface area contributed by atoms with Crippen molar-refractivity contribution in [3.05, 3.63) is 57.6 Å². The summed E-state index contributed by atoms with van der Waals surface area (Å²) >= 11 is 3.43. The molecule has 0 saturated heterocycles. The van der Waals surface area contributed by atoms with Crippen LogP contribution in [-0.4, -0.2) is 30.2 Å². The number of amides is 2. The number of esters is 1. The topological polar surface area (TPSA) is 102 Å². The molecular formula is C23H25BrN2O5. The van der Waals surface area contributed by atoms with Gasteiger partial charge in [-0.25, -0.2) is 0 Å². The van der Waals surface area contributed by atoms with E-state index in [4.69, 9.17) is 4.74 Å². The number of carbonyl (C=O) groups excluding carboxylic acids is 4. The molecule has 2 N–H and O–H groups in total. The maximum absolute atomic E-state index is 12.0. The Kier molecular flexibility index (Phi) is 8.93. The molecule has 2 aromatic rings. The minimum absolute atomic E-state index is 0.0185. The molecule has 2 rings (SSSR count). The number of carbonyl (C=O) groups is 4. The van der Waals surface area contributed by atoms with E-state index in [2.05, 4.69) is 26.6 Å². The van der Waals surface area contributed by atoms with Crippen molar-refractivity contribution in [1.82, 2.24) is 0 Å². The van der Waals surface area contributed by atoms with Crippen LogP contribution in [-0.2, 0) is 19.1 Å². The van der Waals surface area contributed by atoms with Gasteiger partial charge in [-0.1, -0.05) is 28.1 Å². The molecule has 2 aromatic carbocycles. The fraction of sp³-hybridized carbons (Fsp3) is 0.304. The van der Waals surface area contributed by atoms with Crippen LogP contribution in [0, 0.1) is 13.8 Å². The van der Waals surface area contributed by atoms with Crippen molar-refractivity contribution < 1.29 is 23.9 Å². The Hall–Kier alpha value is -3.00. The molecule has 0 spiro atoms. The van der Waals surface area contributed by atoms with Crippen molar-refractivity contribution >= 4 is 50.9 Å². The highest BCUT2D eigenvalue weighted by Crippen LogP contribution is 2.25. The molecule has 164 valence electrons. The number of Topliss-reactive ketones (excluding diaryl/α,β-unsaturated/α-hetero) is 1. The fourth-order valence-electron chi connectivity index (χ4n) is 2.76. The molecule has 8 heteroatoms. The van der Waals surface area contributed by atoms with E-state index in [-0.39, 0.29) is 31.0 Å². The SMILES string of the molecule is CC(=O)c1cccc(NC(=O)CCCC(=O)OCC(=O)Nc2ccc(Br)c(C)c2C)c1. The smallest absolute Gasteiger partial charge is 0.306 e. The molecule has 31 heavy (non-hydrogen) atoms. The first-order chi connectivity index (χ1) is 14.7. The van der Waals surface area contributed by atoms with E-state index in [1.807, 2.05) is 19.9 Å². The van der Waals surface area contributed by atoms with E-state index in [0.717, 1.165) is 15.6 Å². The van der Waals surface area contributed by atoms with Gasteiger partial charge in [-0.05, 0) is 62.6 Å². The molecule has 0 aliphatic rings. The summed E-state index contributed by atoms with van der Waals surface area (Å²) in [7, 11) is 0. The lowest BCUT2D eigenvalue weighted by atomic mass is 10.1. The van der Waals surface area contributed by atoms with Crippen LogP contribution in [0.1, 0.15) is 47.7 Å². The Morgan fingerprint density at radius 2 is 1.68 bits per heavy atom. The molecule has 7 nitrogen and oxygen atoms in total. The van der Waals surface area contributed by atoms with Gasteiger partial charge in [0.05, 0.1) is 0 Å². The van der Waals surface area contributed by atoms with Crippen LogP contribution in [0.5, 0.6) is 0 Å². The van der Waals surface area contributed by atoms with Crippen LogP contribution in [0.2, 0.25) is 0 Å². The third kappa shape index (κ3) is 7.64. The average Bonchev–Trinajstić information content (AvgIpc) is 2.73. The molecule has 0 radical (unpaired) electrons. The summed E-state index contributed by atoms with van der Waals surface area (Å²) in [4.78, 5) is 47.3. The van der Waals surface area contributed by atoms with Crippen molar-refractivity contribution in [2.45, 2.75) is 40.0 Å². The lowest BCUT2D eigenvalue weighted by molar-refractivity contribution is -0.147. The minimum atomic E-state index is -0.551. The van der Waals surface area contributed by atoms with Gasteiger partial charge < -0.3 is 15.4 Å². The van der Waals surface area contributed by atoms with Crippen molar-refractivity contribution in [1.29, 1.82) is 0 Å². The third-order valence-corrected chi connectivity index (χ3v) is 5.56. The van der Waals surface area contributed by atoms with E-state index in [9.17, 15) is 19.2 Å². The van der Waals surface area contributed by atoms with Crippen LogP contribution in [0.15, 0.2) is 40.9 Å². The summed E-state index contributed by atoms with van der Waals surface area (Å²) in [6.07, 6.45) is 0.414. The van der Waals surface area contributed by atoms with Gasteiger partial charge in [0.2, 0.25) is 5.91 Å². The number of anilines is 2. The maximum atomic E-state index is 12.0. The number of hydrogen-bond acceptors (Lipinski definition) is 5. The maximum Gasteiger partial charge on any atom is 0.306 e. The zero-order chi connectivity index (χ0) is 23.0. The summed E-state index contributed by atoms with van der Waals surface area (Å²) in [5.41, 5.74) is 3.63. The van der Waals surface area contributed by atoms with Crippen molar-refractivity contribution in [2.75, 3.05) is 17.2 Å². The van der Waals surface area contributed by atoms with Crippen LogP contribution in [0.25, 0.3) is 0 Å². The molecule has 0 aliphatic carbocycles. The zero-order valence-electron chi connectivity index (χ0n) is 17.7. The van der Waals surface area contributed by atoms with Gasteiger partial charge in [0.15, 0.2) is 12.4 Å². The Balaban J connectivity index is 1.70. The van der Waals surface area contributed by atoms with Gasteiger partial charge in [-0.15, -0.1) is 0 Å². The third-order valence-electron chi connectivity index (χ3n) is 4.70. The van der Waals surface area contributed by atoms with Crippen LogP contribution in [0.3, 0.4) is 0 Å². The second kappa shape index (κ2) is 11.4. The lowest BCUT2D eigenvalue weighted by Gasteiger charge is -2.12. The van der Waals surface area contributed by atoms with Crippen LogP contribution < -0.4 is 10.6 Å². The largest absolute Gasteiger partial charge is 0.456 e. The number of hydrogen-bond donors (Lipinski definition) is 2. The summed E-state index contributed by atoms with van der Waals surface area (Å²) in [6.45, 7) is 4.89. The highest BCUT2D eigenvalue weighted by molar-refractivity contribution is 9.10. The lowest BCUT2D eigenvalue weighted by Crippen LogP contribution is -2.21. The summed E-state index contributed by atoms with van der Waals surface area (Å²) in [5, 5.41) is 5.41. The summed E-state index contributed by atoms with van der Waals surface area (Å²) < 4.78 is 5.93. The number of rotatable bonds is 9. The van der Waals surface area contributed by atoms with Crippen LogP contribution >= 0.6 is 15.9 Å². The molecule has 0 bridgehead atoms. The second-order valence-electron chi connectivity index (χ2n) is 7.09. The molecule has 0 aromatic heterocycles. The minimum Gasteiger partial charge on any atom is -0.456 e. The number of ketones is 1. The van der Waals surface area contributed by atoms with Crippen molar-refractivity contribution in [2.24, 2.45) is 0 Å². The number of benzene rings is 2. The summed E-state index contributed by atoms with van der Waals surface area (Å²) in [6, 6.07) is 10.3. The average molecular weight is 489 g/mol. The molecule has 2 amide bonds. The monoisotopic (exact) mass is 488 g/mol. The zero-order valence-corrected chi connectivity index (χ0v) is 19.3. The van der Waals surface area contributed by atoms with E-state index in [1.54, 1.807) is 30.3 Å². The number of halogens is 1. The fourth-order valence-corrected chi connectivity index (χ4v) is 3.19. The van der Waals surface area contributed by atoms with Gasteiger partial charge in [-0.2, -0.15) is 0 Å². The predicted octanol–water partition coefficient (Wildman–Crippen LogP) is 4.56. The summed E-state index contributed by atoms with van der Waals surface area (Å²) in [5.74, 6) is -1.34. The Bertz CT molecular complexity index is 1000. The second-order valence-corrected chi connectivity index (χ2v) is 7.95. The first kappa shape index (κ1) is 24.3. The first-order valence-corrected chi connectivity index (χ1v) is 10.6. The molecular weight excluding hydrogens is 464 g/mol. The standard InChI is InChI=1S/C23H25BrN2O5/c1-14-15(2)20(11-10-19(14)24)26-22(29)13-31-23(30)9-5-8-21(28)25-18-7-4-6-17(12-18)16(3)27/h4,6-7,10-12H,5,8-9,13H2,1-3H3,(H,25,28)(H,26,29). The molecule has 0 saturated carbocycles. The Morgan fingerprint density at radius 3 is 2.39 bits per heavy atom. The molecule has 0 unspecified atom stereocenters. The molecule has 0 heterocycles. The quantitative estimate of drug-likeness (QED) is 0.397. The molecule has 0 fully saturated rings. The van der Waals surface area contributed by atoms with Gasteiger partial charge in [0.25, 0.3) is 5.91 Å². The van der Waals surface area contributed by atoms with Crippen LogP contribution in [0.4, 0.5) is 11.4 Å². The van der Waals surface area contributed by atoms with Gasteiger partial charge in [0.1, 0.15) is 0 Å². The normalized spacial score (nSPS) is 10.3. The van der Waals surface area contributed by atoms with E-state index >= 15 is 0 Å². The first-order valence-electron chi connectivity index (χ1n) is 9.79. The van der Waals surface area contributed by atoms with E-state index < -0.39 is 18.5 Å².